The molecule has 7 heteroatoms. The van der Waals surface area contributed by atoms with Gasteiger partial charge in [0.2, 0.25) is 5.91 Å². The first kappa shape index (κ1) is 17.3. The van der Waals surface area contributed by atoms with Gasteiger partial charge in [0, 0.05) is 11.3 Å². The fraction of sp³-hybridized carbons (Fsp3) is 0.176. The molecule has 24 heavy (non-hydrogen) atoms. The maximum Gasteiger partial charge on any atom is 0.255 e. The average Bonchev–Trinajstić information content (AvgIpc) is 2.62. The van der Waals surface area contributed by atoms with E-state index in [9.17, 15) is 9.59 Å². The maximum absolute atomic E-state index is 12.3. The lowest BCUT2D eigenvalue weighted by Gasteiger charge is -2.12. The van der Waals surface area contributed by atoms with Crippen molar-refractivity contribution in [3.8, 4) is 11.5 Å². The van der Waals surface area contributed by atoms with Crippen LogP contribution in [0.2, 0.25) is 0 Å². The van der Waals surface area contributed by atoms with E-state index >= 15 is 0 Å². The van der Waals surface area contributed by atoms with Gasteiger partial charge in [-0.3, -0.25) is 9.59 Å². The van der Waals surface area contributed by atoms with Crippen molar-refractivity contribution in [3.05, 3.63) is 48.0 Å². The summed E-state index contributed by atoms with van der Waals surface area (Å²) in [6.07, 6.45) is 0. The molecule has 0 unspecified atom stereocenters. The summed E-state index contributed by atoms with van der Waals surface area (Å²) in [6.45, 7) is -0.147. The lowest BCUT2D eigenvalue weighted by Crippen LogP contribution is -2.22. The van der Waals surface area contributed by atoms with E-state index in [2.05, 4.69) is 10.6 Å². The minimum absolute atomic E-state index is 0.147. The Kier molecular flexibility index (Phi) is 5.75. The molecule has 2 aromatic rings. The van der Waals surface area contributed by atoms with Gasteiger partial charge in [0.15, 0.2) is 0 Å². The fourth-order valence-corrected chi connectivity index (χ4v) is 2.03. The molecule has 0 aromatic heterocycles. The SMILES string of the molecule is COc1ccc(C(=O)Nc2ccc(OC)c(NC(=O)CN)c2)cc1. The van der Waals surface area contributed by atoms with Crippen LogP contribution in [0.15, 0.2) is 42.5 Å². The predicted octanol–water partition coefficient (Wildman–Crippen LogP) is 1.85. The van der Waals surface area contributed by atoms with Gasteiger partial charge in [0.1, 0.15) is 11.5 Å². The summed E-state index contributed by atoms with van der Waals surface area (Å²) in [6, 6.07) is 11.7. The van der Waals surface area contributed by atoms with Crippen LogP contribution < -0.4 is 25.8 Å². The van der Waals surface area contributed by atoms with Crippen molar-refractivity contribution in [2.24, 2.45) is 5.73 Å². The number of ether oxygens (including phenoxy) is 2. The quantitative estimate of drug-likeness (QED) is 0.750. The first-order chi connectivity index (χ1) is 11.6. The molecule has 0 saturated heterocycles. The van der Waals surface area contributed by atoms with Crippen molar-refractivity contribution < 1.29 is 19.1 Å². The van der Waals surface area contributed by atoms with Crippen molar-refractivity contribution in [1.29, 1.82) is 0 Å². The largest absolute Gasteiger partial charge is 0.497 e. The molecule has 0 bridgehead atoms. The molecule has 0 atom stereocenters. The van der Waals surface area contributed by atoms with E-state index in [1.54, 1.807) is 49.6 Å². The Morgan fingerprint density at radius 2 is 1.71 bits per heavy atom. The van der Waals surface area contributed by atoms with Gasteiger partial charge in [-0.05, 0) is 42.5 Å². The smallest absolute Gasteiger partial charge is 0.255 e. The number of hydrogen-bond acceptors (Lipinski definition) is 5. The van der Waals surface area contributed by atoms with Crippen LogP contribution in [0.3, 0.4) is 0 Å². The number of hydrogen-bond donors (Lipinski definition) is 3. The lowest BCUT2D eigenvalue weighted by molar-refractivity contribution is -0.114. The molecule has 0 aliphatic heterocycles. The number of benzene rings is 2. The molecule has 0 aliphatic rings. The van der Waals surface area contributed by atoms with Crippen LogP contribution in [0.4, 0.5) is 11.4 Å². The molecule has 7 nitrogen and oxygen atoms in total. The second kappa shape index (κ2) is 7.98. The summed E-state index contributed by atoms with van der Waals surface area (Å²) >= 11 is 0. The number of amides is 2. The summed E-state index contributed by atoms with van der Waals surface area (Å²) in [4.78, 5) is 23.7. The van der Waals surface area contributed by atoms with E-state index in [0.717, 1.165) is 0 Å². The number of methoxy groups -OCH3 is 2. The van der Waals surface area contributed by atoms with Gasteiger partial charge < -0.3 is 25.8 Å². The first-order valence-corrected chi connectivity index (χ1v) is 7.20. The van der Waals surface area contributed by atoms with Gasteiger partial charge in [-0.2, -0.15) is 0 Å². The molecule has 2 amide bonds. The molecule has 2 rings (SSSR count). The van der Waals surface area contributed by atoms with Crippen molar-refractivity contribution in [2.75, 3.05) is 31.4 Å². The fourth-order valence-electron chi connectivity index (χ4n) is 2.03. The van der Waals surface area contributed by atoms with Crippen LogP contribution in [0, 0.1) is 0 Å². The van der Waals surface area contributed by atoms with E-state index < -0.39 is 0 Å². The molecule has 0 radical (unpaired) electrons. The van der Waals surface area contributed by atoms with E-state index in [1.165, 1.54) is 7.11 Å². The van der Waals surface area contributed by atoms with Gasteiger partial charge in [-0.15, -0.1) is 0 Å². The average molecular weight is 329 g/mol. The third-order valence-corrected chi connectivity index (χ3v) is 3.27. The molecule has 126 valence electrons. The van der Waals surface area contributed by atoms with E-state index in [-0.39, 0.29) is 18.4 Å². The van der Waals surface area contributed by atoms with E-state index in [0.29, 0.717) is 28.4 Å². The monoisotopic (exact) mass is 329 g/mol. The highest BCUT2D eigenvalue weighted by molar-refractivity contribution is 6.05. The Morgan fingerprint density at radius 3 is 2.29 bits per heavy atom. The Labute approximate surface area is 139 Å². The topological polar surface area (TPSA) is 103 Å². The highest BCUT2D eigenvalue weighted by Gasteiger charge is 2.10. The van der Waals surface area contributed by atoms with Crippen LogP contribution in [-0.2, 0) is 4.79 Å². The van der Waals surface area contributed by atoms with E-state index in [1.807, 2.05) is 0 Å². The lowest BCUT2D eigenvalue weighted by atomic mass is 10.2. The number of nitrogens with one attached hydrogen (secondary N) is 2. The molecule has 0 spiro atoms. The van der Waals surface area contributed by atoms with Crippen molar-refractivity contribution in [2.45, 2.75) is 0 Å². The highest BCUT2D eigenvalue weighted by Crippen LogP contribution is 2.28. The highest BCUT2D eigenvalue weighted by atomic mass is 16.5. The Bertz CT molecular complexity index is 729. The molecule has 4 N–H and O–H groups in total. The number of carbonyl (C=O) groups is 2. The normalized spacial score (nSPS) is 9.96. The minimum atomic E-state index is -0.355. The van der Waals surface area contributed by atoms with Gasteiger partial charge in [0.25, 0.3) is 5.91 Å². The molecule has 2 aromatic carbocycles. The first-order valence-electron chi connectivity index (χ1n) is 7.20. The molecule has 0 heterocycles. The summed E-state index contributed by atoms with van der Waals surface area (Å²) in [5.41, 5.74) is 6.73. The second-order valence-electron chi connectivity index (χ2n) is 4.85. The Morgan fingerprint density at radius 1 is 1.00 bits per heavy atom. The van der Waals surface area contributed by atoms with Crippen molar-refractivity contribution >= 4 is 23.2 Å². The minimum Gasteiger partial charge on any atom is -0.497 e. The van der Waals surface area contributed by atoms with Crippen LogP contribution in [0.25, 0.3) is 0 Å². The Hall–Kier alpha value is -3.06. The van der Waals surface area contributed by atoms with Crippen LogP contribution in [-0.4, -0.2) is 32.6 Å². The van der Waals surface area contributed by atoms with Gasteiger partial charge in [-0.25, -0.2) is 0 Å². The molecule has 0 saturated carbocycles. The summed E-state index contributed by atoms with van der Waals surface area (Å²) < 4.78 is 10.2. The zero-order chi connectivity index (χ0) is 17.5. The summed E-state index contributed by atoms with van der Waals surface area (Å²) in [5.74, 6) is 0.507. The standard InChI is InChI=1S/C17H19N3O4/c1-23-13-6-3-11(4-7-13)17(22)19-12-5-8-15(24-2)14(9-12)20-16(21)10-18/h3-9H,10,18H2,1-2H3,(H,19,22)(H,20,21). The number of nitrogens with two attached hydrogens (primary N) is 1. The van der Waals surface area contributed by atoms with Crippen LogP contribution >= 0.6 is 0 Å². The summed E-state index contributed by atoms with van der Waals surface area (Å²) in [5, 5.41) is 5.38. The number of rotatable bonds is 6. The summed E-state index contributed by atoms with van der Waals surface area (Å²) in [7, 11) is 3.05. The maximum atomic E-state index is 12.3. The third-order valence-electron chi connectivity index (χ3n) is 3.27. The number of anilines is 2. The van der Waals surface area contributed by atoms with Gasteiger partial charge >= 0.3 is 0 Å². The van der Waals surface area contributed by atoms with Crippen LogP contribution in [0.1, 0.15) is 10.4 Å². The van der Waals surface area contributed by atoms with Crippen molar-refractivity contribution in [1.82, 2.24) is 0 Å². The third kappa shape index (κ3) is 4.23. The van der Waals surface area contributed by atoms with E-state index in [4.69, 9.17) is 15.2 Å². The predicted molar refractivity (Wildman–Crippen MR) is 91.6 cm³/mol. The molecular weight excluding hydrogens is 310 g/mol. The van der Waals surface area contributed by atoms with Crippen LogP contribution in [0.5, 0.6) is 11.5 Å². The van der Waals surface area contributed by atoms with Gasteiger partial charge in [0.05, 0.1) is 26.5 Å². The van der Waals surface area contributed by atoms with Gasteiger partial charge in [-0.1, -0.05) is 0 Å². The molecular formula is C17H19N3O4. The van der Waals surface area contributed by atoms with Crippen molar-refractivity contribution in [3.63, 3.8) is 0 Å². The zero-order valence-electron chi connectivity index (χ0n) is 13.5. The molecule has 0 aliphatic carbocycles. The second-order valence-corrected chi connectivity index (χ2v) is 4.85. The molecule has 0 fully saturated rings. The Balaban J connectivity index is 2.17. The zero-order valence-corrected chi connectivity index (χ0v) is 13.5. The number of carbonyl (C=O) groups excluding carboxylic acids is 2.